The van der Waals surface area contributed by atoms with E-state index in [0.717, 1.165) is 10.1 Å². The van der Waals surface area contributed by atoms with Gasteiger partial charge < -0.3 is 14.3 Å². The highest BCUT2D eigenvalue weighted by Crippen LogP contribution is 2.38. The number of hydrogen-bond donors (Lipinski definition) is 1. The van der Waals surface area contributed by atoms with Crippen LogP contribution in [0, 0.1) is 0 Å². The van der Waals surface area contributed by atoms with Gasteiger partial charge in [0, 0.05) is 27.1 Å². The van der Waals surface area contributed by atoms with E-state index in [-0.39, 0.29) is 11.5 Å². The Balaban J connectivity index is 2.01. The Morgan fingerprint density at radius 1 is 1.17 bits per heavy atom. The number of hydrogen-bond acceptors (Lipinski definition) is 5. The first-order valence-electron chi connectivity index (χ1n) is 7.58. The van der Waals surface area contributed by atoms with Gasteiger partial charge in [-0.1, -0.05) is 18.2 Å². The lowest BCUT2D eigenvalue weighted by atomic mass is 10.1. The Labute approximate surface area is 141 Å². The summed E-state index contributed by atoms with van der Waals surface area (Å²) in [6.45, 7) is 2.41. The van der Waals surface area contributed by atoms with E-state index in [1.807, 2.05) is 36.6 Å². The van der Waals surface area contributed by atoms with Crippen LogP contribution in [0.2, 0.25) is 0 Å². The Kier molecular flexibility index (Phi) is 3.50. The normalized spacial score (nSPS) is 11.2. The minimum absolute atomic E-state index is 0.193. The first kappa shape index (κ1) is 14.8. The molecule has 0 aliphatic rings. The van der Waals surface area contributed by atoms with Gasteiger partial charge in [-0.3, -0.25) is 4.79 Å². The Hall–Kier alpha value is -2.79. The monoisotopic (exact) mass is 338 g/mol. The summed E-state index contributed by atoms with van der Waals surface area (Å²) in [5, 5.41) is 13.5. The number of aromatic hydroxyl groups is 1. The minimum atomic E-state index is -0.440. The molecule has 0 aliphatic carbocycles. The Bertz CT molecular complexity index is 1110. The highest BCUT2D eigenvalue weighted by Gasteiger charge is 2.18. The highest BCUT2D eigenvalue weighted by atomic mass is 32.1. The summed E-state index contributed by atoms with van der Waals surface area (Å²) in [7, 11) is 0. The molecule has 0 unspecified atom stereocenters. The number of fused-ring (bicyclic) bond motifs is 2. The molecule has 0 fully saturated rings. The summed E-state index contributed by atoms with van der Waals surface area (Å²) in [5.74, 6) is 0.453. The van der Waals surface area contributed by atoms with Crippen molar-refractivity contribution in [1.82, 2.24) is 0 Å². The first-order chi connectivity index (χ1) is 11.7. The lowest BCUT2D eigenvalue weighted by Crippen LogP contribution is -2.03. The second-order valence-electron chi connectivity index (χ2n) is 5.35. The summed E-state index contributed by atoms with van der Waals surface area (Å²) in [4.78, 5) is 12.5. The van der Waals surface area contributed by atoms with Crippen LogP contribution in [-0.2, 0) is 0 Å². The zero-order chi connectivity index (χ0) is 16.7. The molecule has 0 atom stereocenters. The van der Waals surface area contributed by atoms with E-state index in [1.54, 1.807) is 29.5 Å². The van der Waals surface area contributed by atoms with Crippen LogP contribution in [0.5, 0.6) is 11.5 Å². The third kappa shape index (κ3) is 2.25. The largest absolute Gasteiger partial charge is 0.502 e. The van der Waals surface area contributed by atoms with E-state index in [0.29, 0.717) is 28.9 Å². The van der Waals surface area contributed by atoms with Crippen LogP contribution in [0.4, 0.5) is 0 Å². The first-order valence-corrected chi connectivity index (χ1v) is 8.46. The Morgan fingerprint density at radius 2 is 2.00 bits per heavy atom. The standard InChI is InChI=1S/C19H14O4S/c1-2-22-11-7-8-13-15(9-11)23-19(18(21)17(13)20)14-10-24-16-6-4-3-5-12(14)16/h3-10,21H,2H2,1H3. The summed E-state index contributed by atoms with van der Waals surface area (Å²) < 4.78 is 12.4. The fourth-order valence-electron chi connectivity index (χ4n) is 2.76. The van der Waals surface area contributed by atoms with Crippen LogP contribution in [0.15, 0.2) is 57.1 Å². The van der Waals surface area contributed by atoms with Crippen molar-refractivity contribution in [3.05, 3.63) is 58.1 Å². The average molecular weight is 338 g/mol. The number of thiophene rings is 1. The van der Waals surface area contributed by atoms with Crippen molar-refractivity contribution < 1.29 is 14.3 Å². The van der Waals surface area contributed by atoms with Gasteiger partial charge >= 0.3 is 0 Å². The third-order valence-electron chi connectivity index (χ3n) is 3.88. The van der Waals surface area contributed by atoms with Crippen molar-refractivity contribution in [2.75, 3.05) is 6.61 Å². The van der Waals surface area contributed by atoms with Crippen molar-refractivity contribution in [2.45, 2.75) is 6.92 Å². The lowest BCUT2D eigenvalue weighted by Gasteiger charge is -2.07. The van der Waals surface area contributed by atoms with Gasteiger partial charge in [0.15, 0.2) is 5.76 Å². The number of rotatable bonds is 3. The maximum Gasteiger partial charge on any atom is 0.235 e. The summed E-state index contributed by atoms with van der Waals surface area (Å²) >= 11 is 1.54. The van der Waals surface area contributed by atoms with Crippen molar-refractivity contribution >= 4 is 32.4 Å². The summed E-state index contributed by atoms with van der Waals surface area (Å²) in [6, 6.07) is 12.8. The summed E-state index contributed by atoms with van der Waals surface area (Å²) in [5.41, 5.74) is 0.674. The van der Waals surface area contributed by atoms with Crippen LogP contribution in [0.3, 0.4) is 0 Å². The van der Waals surface area contributed by atoms with Gasteiger partial charge in [0.05, 0.1) is 12.0 Å². The van der Waals surface area contributed by atoms with E-state index in [1.165, 1.54) is 0 Å². The molecule has 4 nitrogen and oxygen atoms in total. The van der Waals surface area contributed by atoms with Crippen molar-refractivity contribution in [3.8, 4) is 22.8 Å². The van der Waals surface area contributed by atoms with Gasteiger partial charge in [-0.05, 0) is 25.1 Å². The second kappa shape index (κ2) is 5.69. The van der Waals surface area contributed by atoms with E-state index < -0.39 is 5.43 Å². The molecule has 0 saturated carbocycles. The smallest absolute Gasteiger partial charge is 0.235 e. The van der Waals surface area contributed by atoms with Gasteiger partial charge in [-0.25, -0.2) is 0 Å². The SMILES string of the molecule is CCOc1ccc2c(=O)c(O)c(-c3csc4ccccc34)oc2c1. The van der Waals surface area contributed by atoms with E-state index in [2.05, 4.69) is 0 Å². The van der Waals surface area contributed by atoms with Gasteiger partial charge in [-0.15, -0.1) is 11.3 Å². The van der Waals surface area contributed by atoms with Crippen molar-refractivity contribution in [1.29, 1.82) is 0 Å². The van der Waals surface area contributed by atoms with Crippen molar-refractivity contribution in [3.63, 3.8) is 0 Å². The van der Waals surface area contributed by atoms with E-state index in [9.17, 15) is 9.90 Å². The number of benzene rings is 2. The third-order valence-corrected chi connectivity index (χ3v) is 4.84. The molecule has 4 aromatic rings. The van der Waals surface area contributed by atoms with Gasteiger partial charge in [-0.2, -0.15) is 0 Å². The quantitative estimate of drug-likeness (QED) is 0.584. The summed E-state index contributed by atoms with van der Waals surface area (Å²) in [6.07, 6.45) is 0. The molecule has 4 rings (SSSR count). The fraction of sp³-hybridized carbons (Fsp3) is 0.105. The number of ether oxygens (including phenoxy) is 1. The molecule has 120 valence electrons. The molecule has 0 saturated heterocycles. The molecule has 0 spiro atoms. The second-order valence-corrected chi connectivity index (χ2v) is 6.26. The predicted molar refractivity (Wildman–Crippen MR) is 96.1 cm³/mol. The molecular formula is C19H14O4S. The van der Waals surface area contributed by atoms with E-state index in [4.69, 9.17) is 9.15 Å². The molecule has 0 bridgehead atoms. The molecule has 2 aromatic carbocycles. The van der Waals surface area contributed by atoms with Crippen LogP contribution in [-0.4, -0.2) is 11.7 Å². The van der Waals surface area contributed by atoms with Crippen LogP contribution in [0.25, 0.3) is 32.4 Å². The highest BCUT2D eigenvalue weighted by molar-refractivity contribution is 7.17. The minimum Gasteiger partial charge on any atom is -0.502 e. The van der Waals surface area contributed by atoms with E-state index >= 15 is 0 Å². The lowest BCUT2D eigenvalue weighted by molar-refractivity contribution is 0.340. The van der Waals surface area contributed by atoms with Crippen LogP contribution < -0.4 is 10.2 Å². The average Bonchev–Trinajstić information content (AvgIpc) is 3.02. The molecule has 0 radical (unpaired) electrons. The maximum absolute atomic E-state index is 12.5. The van der Waals surface area contributed by atoms with Crippen LogP contribution >= 0.6 is 11.3 Å². The van der Waals surface area contributed by atoms with Gasteiger partial charge in [0.2, 0.25) is 11.2 Å². The molecule has 24 heavy (non-hydrogen) atoms. The van der Waals surface area contributed by atoms with Gasteiger partial charge in [0.25, 0.3) is 0 Å². The molecule has 0 amide bonds. The zero-order valence-electron chi connectivity index (χ0n) is 12.9. The zero-order valence-corrected chi connectivity index (χ0v) is 13.7. The topological polar surface area (TPSA) is 59.7 Å². The molecular weight excluding hydrogens is 324 g/mol. The molecule has 1 N–H and O–H groups in total. The fourth-order valence-corrected chi connectivity index (χ4v) is 3.70. The Morgan fingerprint density at radius 3 is 2.83 bits per heavy atom. The molecule has 5 heteroatoms. The van der Waals surface area contributed by atoms with Gasteiger partial charge in [0.1, 0.15) is 11.3 Å². The maximum atomic E-state index is 12.5. The molecule has 2 heterocycles. The van der Waals surface area contributed by atoms with Crippen LogP contribution in [0.1, 0.15) is 6.92 Å². The molecule has 2 aromatic heterocycles. The molecule has 0 aliphatic heterocycles. The van der Waals surface area contributed by atoms with Crippen molar-refractivity contribution in [2.24, 2.45) is 0 Å². The predicted octanol–water partition coefficient (Wildman–Crippen LogP) is 4.78.